The van der Waals surface area contributed by atoms with Crippen LogP contribution >= 0.6 is 22.7 Å². The summed E-state index contributed by atoms with van der Waals surface area (Å²) >= 11 is 3.74. The van der Waals surface area contributed by atoms with E-state index in [4.69, 9.17) is 0 Å². The fourth-order valence-electron chi connectivity index (χ4n) is 8.30. The first-order valence-electron chi connectivity index (χ1n) is 19.3. The predicted molar refractivity (Wildman–Crippen MR) is 249 cm³/mol. The maximum atomic E-state index is 2.51. The highest BCUT2D eigenvalue weighted by atomic mass is 32.1. The molecule has 11 aromatic rings. The molecule has 2 heterocycles. The highest BCUT2D eigenvalue weighted by molar-refractivity contribution is 7.26. The number of rotatable bonds is 7. The van der Waals surface area contributed by atoms with Gasteiger partial charge in [0.1, 0.15) is 0 Å². The molecule has 0 atom stereocenters. The van der Waals surface area contributed by atoms with Crippen molar-refractivity contribution in [1.82, 2.24) is 0 Å². The first-order chi connectivity index (χ1) is 28.2. The number of thiophene rings is 2. The van der Waals surface area contributed by atoms with Crippen molar-refractivity contribution in [2.45, 2.75) is 0 Å². The molecule has 11 rings (SSSR count). The molecule has 0 aliphatic heterocycles. The first-order valence-corrected chi connectivity index (χ1v) is 21.0. The number of hydrogen-bond donors (Lipinski definition) is 0. The third-order valence-corrected chi connectivity index (χ3v) is 13.4. The molecule has 0 aliphatic carbocycles. The zero-order valence-electron chi connectivity index (χ0n) is 31.0. The molecule has 0 aliphatic rings. The number of nitrogens with zero attached hydrogens (tertiary/aromatic N) is 1. The second kappa shape index (κ2) is 14.1. The third kappa shape index (κ3) is 6.00. The molecule has 2 aromatic heterocycles. The summed E-state index contributed by atoms with van der Waals surface area (Å²) in [4.78, 5) is 2.51. The molecular formula is C54H35NS2. The molecular weight excluding hydrogens is 727 g/mol. The molecule has 268 valence electrons. The third-order valence-electron chi connectivity index (χ3n) is 11.1. The first kappa shape index (κ1) is 33.5. The van der Waals surface area contributed by atoms with E-state index in [1.165, 1.54) is 90.5 Å². The molecule has 0 unspecified atom stereocenters. The van der Waals surface area contributed by atoms with Crippen LogP contribution in [-0.2, 0) is 0 Å². The average molecular weight is 762 g/mol. The van der Waals surface area contributed by atoms with Crippen LogP contribution in [0.25, 0.3) is 84.9 Å². The van der Waals surface area contributed by atoms with Crippen LogP contribution in [0.1, 0.15) is 0 Å². The van der Waals surface area contributed by atoms with Gasteiger partial charge in [-0.25, -0.2) is 0 Å². The molecule has 0 N–H and O–H groups in total. The monoisotopic (exact) mass is 761 g/mol. The minimum atomic E-state index is 1.10. The van der Waals surface area contributed by atoms with Crippen LogP contribution in [0.4, 0.5) is 17.1 Å². The normalized spacial score (nSPS) is 11.5. The maximum Gasteiger partial charge on any atom is 0.0718 e. The Balaban J connectivity index is 1.18. The summed E-state index contributed by atoms with van der Waals surface area (Å²) in [5.74, 6) is 0. The molecule has 0 saturated carbocycles. The van der Waals surface area contributed by atoms with Crippen molar-refractivity contribution >= 4 is 80.1 Å². The van der Waals surface area contributed by atoms with E-state index in [2.05, 4.69) is 217 Å². The Bertz CT molecular complexity index is 3160. The van der Waals surface area contributed by atoms with E-state index in [1.54, 1.807) is 0 Å². The van der Waals surface area contributed by atoms with Gasteiger partial charge in [0.05, 0.1) is 10.4 Å². The topological polar surface area (TPSA) is 3.24 Å². The van der Waals surface area contributed by atoms with E-state index < -0.39 is 0 Å². The van der Waals surface area contributed by atoms with Crippen LogP contribution in [0.15, 0.2) is 212 Å². The summed E-state index contributed by atoms with van der Waals surface area (Å²) in [5, 5.41) is 5.19. The van der Waals surface area contributed by atoms with E-state index >= 15 is 0 Å². The van der Waals surface area contributed by atoms with Gasteiger partial charge in [-0.05, 0) is 93.5 Å². The fraction of sp³-hybridized carbons (Fsp3) is 0. The molecule has 0 amide bonds. The molecule has 0 bridgehead atoms. The Labute approximate surface area is 340 Å². The van der Waals surface area contributed by atoms with Gasteiger partial charge in [-0.2, -0.15) is 0 Å². The Hall–Kier alpha value is -6.78. The predicted octanol–water partition coefficient (Wildman–Crippen LogP) is 16.6. The van der Waals surface area contributed by atoms with Crippen LogP contribution in [0.3, 0.4) is 0 Å². The van der Waals surface area contributed by atoms with Crippen LogP contribution in [0.5, 0.6) is 0 Å². The molecule has 1 nitrogen and oxygen atoms in total. The standard InChI is InChI=1S/C54H35NS2/c1-4-14-36(15-5-1)41-32-42(37-16-6-2-7-17-37)34-44(33-41)55(43-27-24-38(25-28-43)40-26-31-52-49(35-40)47-21-11-12-22-50(47)56-52)53-45(39-18-8-3-9-19-39)29-30-48-46-20-10-13-23-51(46)57-54(48)53/h1-35H. The largest absolute Gasteiger partial charge is 0.308 e. The lowest BCUT2D eigenvalue weighted by molar-refractivity contribution is 1.30. The second-order valence-corrected chi connectivity index (χ2v) is 16.6. The maximum absolute atomic E-state index is 2.51. The molecule has 3 heteroatoms. The van der Waals surface area contributed by atoms with E-state index in [9.17, 15) is 0 Å². The zero-order chi connectivity index (χ0) is 37.7. The zero-order valence-corrected chi connectivity index (χ0v) is 32.6. The number of hydrogen-bond acceptors (Lipinski definition) is 3. The summed E-state index contributed by atoms with van der Waals surface area (Å²) in [6, 6.07) is 77.8. The van der Waals surface area contributed by atoms with Crippen molar-refractivity contribution in [3.8, 4) is 44.5 Å². The Morgan fingerprint density at radius 3 is 1.44 bits per heavy atom. The minimum Gasteiger partial charge on any atom is -0.308 e. The van der Waals surface area contributed by atoms with Gasteiger partial charge in [0.15, 0.2) is 0 Å². The number of fused-ring (bicyclic) bond motifs is 6. The van der Waals surface area contributed by atoms with E-state index in [1.807, 2.05) is 22.7 Å². The minimum absolute atomic E-state index is 1.10. The van der Waals surface area contributed by atoms with Gasteiger partial charge < -0.3 is 4.90 Å². The van der Waals surface area contributed by atoms with Gasteiger partial charge in [0, 0.05) is 52.6 Å². The Kier molecular flexibility index (Phi) is 8.28. The van der Waals surface area contributed by atoms with Crippen molar-refractivity contribution in [1.29, 1.82) is 0 Å². The second-order valence-electron chi connectivity index (χ2n) is 14.5. The summed E-state index contributed by atoms with van der Waals surface area (Å²) in [6.45, 7) is 0. The van der Waals surface area contributed by atoms with Crippen molar-refractivity contribution < 1.29 is 0 Å². The lowest BCUT2D eigenvalue weighted by Gasteiger charge is -2.30. The smallest absolute Gasteiger partial charge is 0.0718 e. The van der Waals surface area contributed by atoms with Gasteiger partial charge in [-0.15, -0.1) is 22.7 Å². The quantitative estimate of drug-likeness (QED) is 0.156. The lowest BCUT2D eigenvalue weighted by Crippen LogP contribution is -2.12. The van der Waals surface area contributed by atoms with Crippen LogP contribution < -0.4 is 4.90 Å². The SMILES string of the molecule is c1ccc(-c2cc(-c3ccccc3)cc(N(c3ccc(-c4ccc5sc6ccccc6c5c4)cc3)c3c(-c4ccccc4)ccc4c3sc3ccccc34)c2)cc1. The summed E-state index contributed by atoms with van der Waals surface area (Å²) < 4.78 is 5.20. The van der Waals surface area contributed by atoms with E-state index in [0.29, 0.717) is 0 Å². The highest BCUT2D eigenvalue weighted by Gasteiger charge is 2.24. The highest BCUT2D eigenvalue weighted by Crippen LogP contribution is 2.51. The van der Waals surface area contributed by atoms with Gasteiger partial charge in [0.2, 0.25) is 0 Å². The van der Waals surface area contributed by atoms with Crippen molar-refractivity contribution in [3.63, 3.8) is 0 Å². The van der Waals surface area contributed by atoms with Gasteiger partial charge in [-0.3, -0.25) is 0 Å². The number of anilines is 3. The van der Waals surface area contributed by atoms with Crippen LogP contribution in [-0.4, -0.2) is 0 Å². The molecule has 57 heavy (non-hydrogen) atoms. The van der Waals surface area contributed by atoms with E-state index in [0.717, 1.165) is 11.4 Å². The lowest BCUT2D eigenvalue weighted by atomic mass is 9.95. The van der Waals surface area contributed by atoms with Crippen LogP contribution in [0, 0.1) is 0 Å². The summed E-state index contributed by atoms with van der Waals surface area (Å²) in [7, 11) is 0. The molecule has 0 fully saturated rings. The molecule has 0 saturated heterocycles. The fourth-order valence-corrected chi connectivity index (χ4v) is 10.6. The van der Waals surface area contributed by atoms with Crippen molar-refractivity contribution in [3.05, 3.63) is 212 Å². The molecule has 0 spiro atoms. The van der Waals surface area contributed by atoms with Crippen molar-refractivity contribution in [2.75, 3.05) is 4.90 Å². The molecule has 0 radical (unpaired) electrons. The van der Waals surface area contributed by atoms with Gasteiger partial charge >= 0.3 is 0 Å². The van der Waals surface area contributed by atoms with E-state index in [-0.39, 0.29) is 0 Å². The van der Waals surface area contributed by atoms with Crippen LogP contribution in [0.2, 0.25) is 0 Å². The summed E-state index contributed by atoms with van der Waals surface area (Å²) in [6.07, 6.45) is 0. The van der Waals surface area contributed by atoms with Gasteiger partial charge in [-0.1, -0.05) is 158 Å². The number of benzene rings is 9. The van der Waals surface area contributed by atoms with Gasteiger partial charge in [0.25, 0.3) is 0 Å². The molecule has 9 aromatic carbocycles. The van der Waals surface area contributed by atoms with Crippen molar-refractivity contribution in [2.24, 2.45) is 0 Å². The Morgan fingerprint density at radius 2 is 0.789 bits per heavy atom. The Morgan fingerprint density at radius 1 is 0.281 bits per heavy atom. The average Bonchev–Trinajstić information content (AvgIpc) is 3.86. The summed E-state index contributed by atoms with van der Waals surface area (Å²) in [5.41, 5.74) is 12.9.